The topological polar surface area (TPSA) is 72.7 Å². The van der Waals surface area contributed by atoms with Crippen LogP contribution in [0.1, 0.15) is 10.8 Å². The van der Waals surface area contributed by atoms with Crippen molar-refractivity contribution < 1.29 is 9.18 Å². The summed E-state index contributed by atoms with van der Waals surface area (Å²) in [6.45, 7) is 0. The summed E-state index contributed by atoms with van der Waals surface area (Å²) in [6, 6.07) is 15.0. The summed E-state index contributed by atoms with van der Waals surface area (Å²) in [5.41, 5.74) is 1.35. The number of carbonyl (C=O) groups is 1. The number of hydrogen-bond donors (Lipinski definition) is 1. The first-order valence-corrected chi connectivity index (χ1v) is 8.02. The van der Waals surface area contributed by atoms with Gasteiger partial charge in [-0.3, -0.25) is 4.79 Å². The van der Waals surface area contributed by atoms with Gasteiger partial charge in [-0.05, 0) is 40.3 Å². The summed E-state index contributed by atoms with van der Waals surface area (Å²) in [5.74, 6) is -0.590. The van der Waals surface area contributed by atoms with E-state index in [9.17, 15) is 9.18 Å². The minimum atomic E-state index is -0.541. The maximum absolute atomic E-state index is 13.0. The average molecular weight is 343 g/mol. The van der Waals surface area contributed by atoms with E-state index in [1.807, 2.05) is 30.3 Å². The predicted octanol–water partition coefficient (Wildman–Crippen LogP) is 2.82. The Bertz CT molecular complexity index is 822. The minimum Gasteiger partial charge on any atom is -0.325 e. The zero-order chi connectivity index (χ0) is 16.9. The fourth-order valence-corrected chi connectivity index (χ4v) is 3.01. The standard InChI is InChI=1S/C16H14FN5OS/c1-22-16(19-20-21-22)24-14(11-5-3-2-4-6-11)15(23)18-13-9-7-12(17)8-10-13/h2-10,14H,1H3,(H,18,23)/t14-/m0/s1. The van der Waals surface area contributed by atoms with Crippen molar-refractivity contribution >= 4 is 23.4 Å². The SMILES string of the molecule is Cn1nnnc1S[C@H](C(=O)Nc1ccc(F)cc1)c1ccccc1. The largest absolute Gasteiger partial charge is 0.325 e. The van der Waals surface area contributed by atoms with Gasteiger partial charge in [0.2, 0.25) is 11.1 Å². The van der Waals surface area contributed by atoms with Crippen molar-refractivity contribution in [1.29, 1.82) is 0 Å². The normalized spacial score (nSPS) is 11.9. The zero-order valence-corrected chi connectivity index (χ0v) is 13.6. The molecule has 0 unspecified atom stereocenters. The number of amides is 1. The van der Waals surface area contributed by atoms with E-state index in [1.54, 1.807) is 7.05 Å². The van der Waals surface area contributed by atoms with E-state index < -0.39 is 5.25 Å². The molecule has 0 fully saturated rings. The monoisotopic (exact) mass is 343 g/mol. The number of aryl methyl sites for hydroxylation is 1. The Hall–Kier alpha value is -2.74. The van der Waals surface area contributed by atoms with Crippen LogP contribution in [0.3, 0.4) is 0 Å². The van der Waals surface area contributed by atoms with Crippen LogP contribution < -0.4 is 5.32 Å². The van der Waals surface area contributed by atoms with Gasteiger partial charge in [-0.25, -0.2) is 9.07 Å². The van der Waals surface area contributed by atoms with Crippen LogP contribution in [0.4, 0.5) is 10.1 Å². The molecule has 6 nitrogen and oxygen atoms in total. The number of benzene rings is 2. The maximum Gasteiger partial charge on any atom is 0.242 e. The highest BCUT2D eigenvalue weighted by Gasteiger charge is 2.24. The van der Waals surface area contributed by atoms with Crippen molar-refractivity contribution in [1.82, 2.24) is 20.2 Å². The fraction of sp³-hybridized carbons (Fsp3) is 0.125. The van der Waals surface area contributed by atoms with Gasteiger partial charge in [-0.1, -0.05) is 42.1 Å². The van der Waals surface area contributed by atoms with E-state index in [0.29, 0.717) is 10.8 Å². The van der Waals surface area contributed by atoms with Crippen LogP contribution in [0.5, 0.6) is 0 Å². The van der Waals surface area contributed by atoms with Crippen LogP contribution in [0.2, 0.25) is 0 Å². The third-order valence-electron chi connectivity index (χ3n) is 3.26. The van der Waals surface area contributed by atoms with Gasteiger partial charge < -0.3 is 5.32 Å². The summed E-state index contributed by atoms with van der Waals surface area (Å²) in [7, 11) is 1.71. The van der Waals surface area contributed by atoms with E-state index >= 15 is 0 Å². The molecule has 2 aromatic carbocycles. The number of halogens is 1. The molecule has 0 saturated carbocycles. The van der Waals surface area contributed by atoms with Crippen LogP contribution in [-0.4, -0.2) is 26.1 Å². The van der Waals surface area contributed by atoms with Crippen molar-refractivity contribution in [2.75, 3.05) is 5.32 Å². The summed E-state index contributed by atoms with van der Waals surface area (Å²) >= 11 is 1.25. The maximum atomic E-state index is 13.0. The Morgan fingerprint density at radius 3 is 2.50 bits per heavy atom. The van der Waals surface area contributed by atoms with E-state index in [1.165, 1.54) is 40.7 Å². The van der Waals surface area contributed by atoms with Crippen LogP contribution in [-0.2, 0) is 11.8 Å². The smallest absolute Gasteiger partial charge is 0.242 e. The Morgan fingerprint density at radius 1 is 1.17 bits per heavy atom. The summed E-state index contributed by atoms with van der Waals surface area (Å²) in [6.07, 6.45) is 0. The van der Waals surface area contributed by atoms with Gasteiger partial charge >= 0.3 is 0 Å². The number of nitrogens with one attached hydrogen (secondary N) is 1. The highest BCUT2D eigenvalue weighted by Crippen LogP contribution is 2.34. The Balaban J connectivity index is 1.85. The summed E-state index contributed by atoms with van der Waals surface area (Å²) < 4.78 is 14.5. The zero-order valence-electron chi connectivity index (χ0n) is 12.8. The van der Waals surface area contributed by atoms with Crippen molar-refractivity contribution in [3.8, 4) is 0 Å². The highest BCUT2D eigenvalue weighted by molar-refractivity contribution is 8.00. The Labute approximate surface area is 142 Å². The molecular formula is C16H14FN5OS. The number of rotatable bonds is 5. The molecule has 0 aliphatic carbocycles. The fourth-order valence-electron chi connectivity index (χ4n) is 2.07. The lowest BCUT2D eigenvalue weighted by Crippen LogP contribution is -2.19. The first-order chi connectivity index (χ1) is 11.6. The van der Waals surface area contributed by atoms with Crippen LogP contribution in [0.15, 0.2) is 59.8 Å². The molecule has 122 valence electrons. The number of tetrazole rings is 1. The Kier molecular flexibility index (Phi) is 4.85. The molecule has 3 rings (SSSR count). The van der Waals surface area contributed by atoms with Crippen LogP contribution >= 0.6 is 11.8 Å². The van der Waals surface area contributed by atoms with Crippen LogP contribution in [0, 0.1) is 5.82 Å². The number of hydrogen-bond acceptors (Lipinski definition) is 5. The average Bonchev–Trinajstić information content (AvgIpc) is 3.00. The lowest BCUT2D eigenvalue weighted by atomic mass is 10.1. The van der Waals surface area contributed by atoms with E-state index in [-0.39, 0.29) is 11.7 Å². The molecule has 0 radical (unpaired) electrons. The predicted molar refractivity (Wildman–Crippen MR) is 88.9 cm³/mol. The Morgan fingerprint density at radius 2 is 1.88 bits per heavy atom. The lowest BCUT2D eigenvalue weighted by molar-refractivity contribution is -0.115. The quantitative estimate of drug-likeness (QED) is 0.721. The van der Waals surface area contributed by atoms with Gasteiger partial charge in [0.1, 0.15) is 11.1 Å². The summed E-state index contributed by atoms with van der Waals surface area (Å²) in [4.78, 5) is 12.7. The second-order valence-corrected chi connectivity index (χ2v) is 6.06. The molecule has 1 N–H and O–H groups in total. The van der Waals surface area contributed by atoms with E-state index in [0.717, 1.165) is 5.56 Å². The first kappa shape index (κ1) is 16.1. The number of anilines is 1. The second kappa shape index (κ2) is 7.22. The summed E-state index contributed by atoms with van der Waals surface area (Å²) in [5, 5.41) is 14.1. The molecule has 8 heteroatoms. The molecule has 3 aromatic rings. The van der Waals surface area contributed by atoms with E-state index in [4.69, 9.17) is 0 Å². The van der Waals surface area contributed by atoms with E-state index in [2.05, 4.69) is 20.8 Å². The van der Waals surface area contributed by atoms with Crippen molar-refractivity contribution in [3.05, 3.63) is 66.0 Å². The van der Waals surface area contributed by atoms with Gasteiger partial charge in [0, 0.05) is 12.7 Å². The molecule has 0 bridgehead atoms. The lowest BCUT2D eigenvalue weighted by Gasteiger charge is -2.16. The number of nitrogens with zero attached hydrogens (tertiary/aromatic N) is 4. The number of thioether (sulfide) groups is 1. The van der Waals surface area contributed by atoms with Gasteiger partial charge in [-0.2, -0.15) is 0 Å². The van der Waals surface area contributed by atoms with Crippen molar-refractivity contribution in [2.24, 2.45) is 7.05 Å². The molecule has 1 amide bonds. The van der Waals surface area contributed by atoms with Gasteiger partial charge in [-0.15, -0.1) is 5.10 Å². The third-order valence-corrected chi connectivity index (χ3v) is 4.54. The second-order valence-electron chi connectivity index (χ2n) is 4.99. The van der Waals surface area contributed by atoms with Crippen molar-refractivity contribution in [2.45, 2.75) is 10.4 Å². The molecule has 0 aliphatic heterocycles. The molecule has 1 aromatic heterocycles. The first-order valence-electron chi connectivity index (χ1n) is 7.14. The number of carbonyl (C=O) groups excluding carboxylic acids is 1. The molecule has 0 aliphatic rings. The molecule has 0 saturated heterocycles. The number of aromatic nitrogens is 4. The molecule has 1 atom stereocenters. The van der Waals surface area contributed by atoms with Gasteiger partial charge in [0.15, 0.2) is 0 Å². The van der Waals surface area contributed by atoms with Gasteiger partial charge in [0.25, 0.3) is 0 Å². The van der Waals surface area contributed by atoms with Gasteiger partial charge in [0.05, 0.1) is 0 Å². The highest BCUT2D eigenvalue weighted by atomic mass is 32.2. The third kappa shape index (κ3) is 3.77. The molecule has 24 heavy (non-hydrogen) atoms. The molecule has 1 heterocycles. The minimum absolute atomic E-state index is 0.235. The molecule has 0 spiro atoms. The van der Waals surface area contributed by atoms with Crippen LogP contribution in [0.25, 0.3) is 0 Å². The molecular weight excluding hydrogens is 329 g/mol. The van der Waals surface area contributed by atoms with Crippen molar-refractivity contribution in [3.63, 3.8) is 0 Å².